The minimum Gasteiger partial charge on any atom is -0.467 e. The van der Waals surface area contributed by atoms with Gasteiger partial charge in [0.1, 0.15) is 11.3 Å². The first-order valence-electron chi connectivity index (χ1n) is 5.57. The average Bonchev–Trinajstić information content (AvgIpc) is 2.87. The molecule has 0 amide bonds. The van der Waals surface area contributed by atoms with E-state index in [2.05, 4.69) is 11.8 Å². The Balaban J connectivity index is 2.04. The van der Waals surface area contributed by atoms with Crippen LogP contribution >= 0.6 is 0 Å². The molecular formula is C12H17NO3. The van der Waals surface area contributed by atoms with Crippen molar-refractivity contribution in [2.45, 2.75) is 19.9 Å². The van der Waals surface area contributed by atoms with Gasteiger partial charge < -0.3 is 9.15 Å². The van der Waals surface area contributed by atoms with Crippen LogP contribution in [0.2, 0.25) is 0 Å². The summed E-state index contributed by atoms with van der Waals surface area (Å²) in [5.74, 6) is 1.12. The van der Waals surface area contributed by atoms with E-state index in [-0.39, 0.29) is 5.97 Å². The zero-order chi connectivity index (χ0) is 11.5. The zero-order valence-electron chi connectivity index (χ0n) is 9.73. The molecule has 1 saturated heterocycles. The van der Waals surface area contributed by atoms with Gasteiger partial charge in [-0.3, -0.25) is 4.90 Å². The lowest BCUT2D eigenvalue weighted by Gasteiger charge is -2.13. The lowest BCUT2D eigenvalue weighted by molar-refractivity contribution is 0.0596. The first kappa shape index (κ1) is 11.2. The van der Waals surface area contributed by atoms with E-state index in [0.717, 1.165) is 19.0 Å². The zero-order valence-corrected chi connectivity index (χ0v) is 9.73. The summed E-state index contributed by atoms with van der Waals surface area (Å²) in [5.41, 5.74) is 0.544. The third kappa shape index (κ3) is 2.27. The third-order valence-electron chi connectivity index (χ3n) is 3.03. The van der Waals surface area contributed by atoms with Crippen LogP contribution in [0.3, 0.4) is 0 Å². The summed E-state index contributed by atoms with van der Waals surface area (Å²) >= 11 is 0. The first-order valence-corrected chi connectivity index (χ1v) is 5.57. The van der Waals surface area contributed by atoms with Crippen LogP contribution < -0.4 is 0 Å². The highest BCUT2D eigenvalue weighted by molar-refractivity contribution is 5.90. The fraction of sp³-hybridized carbons (Fsp3) is 0.583. The van der Waals surface area contributed by atoms with Crippen LogP contribution in [0.1, 0.15) is 29.5 Å². The van der Waals surface area contributed by atoms with Crippen LogP contribution in [0.25, 0.3) is 0 Å². The Morgan fingerprint density at radius 3 is 3.12 bits per heavy atom. The Kier molecular flexibility index (Phi) is 3.29. The summed E-state index contributed by atoms with van der Waals surface area (Å²) in [4.78, 5) is 13.7. The van der Waals surface area contributed by atoms with E-state index < -0.39 is 0 Å². The molecule has 2 heterocycles. The molecule has 1 fully saturated rings. The van der Waals surface area contributed by atoms with Crippen molar-refractivity contribution in [1.82, 2.24) is 4.90 Å². The molecule has 88 valence electrons. The highest BCUT2D eigenvalue weighted by atomic mass is 16.5. The SMILES string of the molecule is COC(=O)c1ccoc1CN1CC[C@@H](C)C1. The molecule has 1 aliphatic rings. The van der Waals surface area contributed by atoms with E-state index in [1.165, 1.54) is 13.5 Å². The molecule has 4 nitrogen and oxygen atoms in total. The van der Waals surface area contributed by atoms with E-state index in [9.17, 15) is 4.79 Å². The van der Waals surface area contributed by atoms with Gasteiger partial charge in [0.05, 0.1) is 19.9 Å². The predicted molar refractivity (Wildman–Crippen MR) is 59.1 cm³/mol. The molecule has 0 spiro atoms. The van der Waals surface area contributed by atoms with Crippen molar-refractivity contribution in [2.75, 3.05) is 20.2 Å². The van der Waals surface area contributed by atoms with E-state index >= 15 is 0 Å². The molecule has 0 bridgehead atoms. The van der Waals surface area contributed by atoms with Gasteiger partial charge in [-0.1, -0.05) is 6.92 Å². The van der Waals surface area contributed by atoms with E-state index in [0.29, 0.717) is 17.9 Å². The van der Waals surface area contributed by atoms with Gasteiger partial charge in [0.25, 0.3) is 0 Å². The number of hydrogen-bond donors (Lipinski definition) is 0. The Labute approximate surface area is 95.2 Å². The Hall–Kier alpha value is -1.29. The van der Waals surface area contributed by atoms with E-state index in [1.54, 1.807) is 12.3 Å². The van der Waals surface area contributed by atoms with Gasteiger partial charge in [0.2, 0.25) is 0 Å². The van der Waals surface area contributed by atoms with Crippen LogP contribution in [0.5, 0.6) is 0 Å². The maximum Gasteiger partial charge on any atom is 0.341 e. The number of ether oxygens (including phenoxy) is 1. The topological polar surface area (TPSA) is 42.7 Å². The highest BCUT2D eigenvalue weighted by Gasteiger charge is 2.22. The monoisotopic (exact) mass is 223 g/mol. The number of hydrogen-bond acceptors (Lipinski definition) is 4. The van der Waals surface area contributed by atoms with Gasteiger partial charge in [-0.15, -0.1) is 0 Å². The highest BCUT2D eigenvalue weighted by Crippen LogP contribution is 2.20. The molecule has 0 unspecified atom stereocenters. The Morgan fingerprint density at radius 2 is 2.50 bits per heavy atom. The standard InChI is InChI=1S/C12H17NO3/c1-9-3-5-13(7-9)8-11-10(4-6-16-11)12(14)15-2/h4,6,9H,3,5,7-8H2,1-2H3/t9-/m1/s1. The Bertz CT molecular complexity index is 372. The smallest absolute Gasteiger partial charge is 0.341 e. The average molecular weight is 223 g/mol. The van der Waals surface area contributed by atoms with E-state index in [4.69, 9.17) is 9.15 Å². The van der Waals surface area contributed by atoms with Crippen molar-refractivity contribution in [3.05, 3.63) is 23.7 Å². The molecule has 2 rings (SSSR count). The van der Waals surface area contributed by atoms with Crippen LogP contribution in [0.15, 0.2) is 16.7 Å². The lowest BCUT2D eigenvalue weighted by Crippen LogP contribution is -2.20. The van der Waals surface area contributed by atoms with Crippen molar-refractivity contribution >= 4 is 5.97 Å². The number of carbonyl (C=O) groups is 1. The summed E-state index contributed by atoms with van der Waals surface area (Å²) in [7, 11) is 1.39. The van der Waals surface area contributed by atoms with E-state index in [1.807, 2.05) is 0 Å². The van der Waals surface area contributed by atoms with Crippen LogP contribution in [-0.4, -0.2) is 31.1 Å². The minimum atomic E-state index is -0.323. The number of rotatable bonds is 3. The summed E-state index contributed by atoms with van der Waals surface area (Å²) in [6, 6.07) is 1.67. The number of nitrogens with zero attached hydrogens (tertiary/aromatic N) is 1. The number of esters is 1. The van der Waals surface area contributed by atoms with Crippen LogP contribution in [0.4, 0.5) is 0 Å². The fourth-order valence-electron chi connectivity index (χ4n) is 2.13. The predicted octanol–water partition coefficient (Wildman–Crippen LogP) is 1.91. The number of likely N-dealkylation sites (tertiary alicyclic amines) is 1. The molecular weight excluding hydrogens is 206 g/mol. The molecule has 0 aliphatic carbocycles. The Morgan fingerprint density at radius 1 is 1.69 bits per heavy atom. The van der Waals surface area contributed by atoms with Gasteiger partial charge in [0.15, 0.2) is 0 Å². The largest absolute Gasteiger partial charge is 0.467 e. The second-order valence-corrected chi connectivity index (χ2v) is 4.38. The molecule has 0 radical (unpaired) electrons. The van der Waals surface area contributed by atoms with Crippen molar-refractivity contribution in [3.63, 3.8) is 0 Å². The van der Waals surface area contributed by atoms with Crippen LogP contribution in [0, 0.1) is 5.92 Å². The maximum absolute atomic E-state index is 11.4. The fourth-order valence-corrected chi connectivity index (χ4v) is 2.13. The van der Waals surface area contributed by atoms with Gasteiger partial charge in [-0.05, 0) is 24.9 Å². The minimum absolute atomic E-state index is 0.323. The number of methoxy groups -OCH3 is 1. The molecule has 0 N–H and O–H groups in total. The quantitative estimate of drug-likeness (QED) is 0.734. The summed E-state index contributed by atoms with van der Waals surface area (Å²) < 4.78 is 10.0. The molecule has 1 aliphatic heterocycles. The van der Waals surface area contributed by atoms with Gasteiger partial charge in [-0.25, -0.2) is 4.79 Å². The molecule has 16 heavy (non-hydrogen) atoms. The van der Waals surface area contributed by atoms with Crippen molar-refractivity contribution in [2.24, 2.45) is 5.92 Å². The molecule has 1 atom stereocenters. The molecule has 0 saturated carbocycles. The number of furan rings is 1. The molecule has 0 aromatic carbocycles. The first-order chi connectivity index (χ1) is 7.70. The second kappa shape index (κ2) is 4.70. The normalized spacial score (nSPS) is 21.2. The van der Waals surface area contributed by atoms with Crippen molar-refractivity contribution in [1.29, 1.82) is 0 Å². The molecule has 4 heteroatoms. The van der Waals surface area contributed by atoms with Gasteiger partial charge in [-0.2, -0.15) is 0 Å². The van der Waals surface area contributed by atoms with Crippen molar-refractivity contribution in [3.8, 4) is 0 Å². The van der Waals surface area contributed by atoms with Gasteiger partial charge in [0, 0.05) is 6.54 Å². The summed E-state index contributed by atoms with van der Waals surface area (Å²) in [6.45, 7) is 5.08. The van der Waals surface area contributed by atoms with Crippen molar-refractivity contribution < 1.29 is 13.9 Å². The third-order valence-corrected chi connectivity index (χ3v) is 3.03. The summed E-state index contributed by atoms with van der Waals surface area (Å²) in [6.07, 6.45) is 2.76. The second-order valence-electron chi connectivity index (χ2n) is 4.38. The molecule has 1 aromatic rings. The molecule has 1 aromatic heterocycles. The van der Waals surface area contributed by atoms with Gasteiger partial charge >= 0.3 is 5.97 Å². The number of carbonyl (C=O) groups excluding carboxylic acids is 1. The lowest BCUT2D eigenvalue weighted by atomic mass is 10.2. The van der Waals surface area contributed by atoms with Crippen LogP contribution in [-0.2, 0) is 11.3 Å². The maximum atomic E-state index is 11.4. The summed E-state index contributed by atoms with van der Waals surface area (Å²) in [5, 5.41) is 0.